The summed E-state index contributed by atoms with van der Waals surface area (Å²) < 4.78 is 0. The van der Waals surface area contributed by atoms with Gasteiger partial charge in [0.15, 0.2) is 0 Å². The van der Waals surface area contributed by atoms with Crippen molar-refractivity contribution in [1.29, 1.82) is 5.41 Å². The van der Waals surface area contributed by atoms with Gasteiger partial charge in [-0.25, -0.2) is 0 Å². The zero-order chi connectivity index (χ0) is 6.57. The van der Waals surface area contributed by atoms with E-state index < -0.39 is 0 Å². The zero-order valence-electron chi connectivity index (χ0n) is 5.57. The first-order valence-corrected chi connectivity index (χ1v) is 2.92. The second kappa shape index (κ2) is 3.61. The third-order valence-corrected chi connectivity index (χ3v) is 0.975. The standard InChI is InChI=1S/C6H14N2/c1-5(7)3-4-6(2)8/h5,8H,3-4,7H2,1-2H3. The van der Waals surface area contributed by atoms with Gasteiger partial charge < -0.3 is 11.1 Å². The van der Waals surface area contributed by atoms with E-state index in [2.05, 4.69) is 0 Å². The second-order valence-corrected chi connectivity index (χ2v) is 2.30. The Labute approximate surface area is 50.6 Å². The van der Waals surface area contributed by atoms with E-state index in [4.69, 9.17) is 11.1 Å². The Balaban J connectivity index is 3.05. The lowest BCUT2D eigenvalue weighted by atomic mass is 10.1. The van der Waals surface area contributed by atoms with Crippen LogP contribution in [-0.4, -0.2) is 11.8 Å². The molecular formula is C6H14N2. The lowest BCUT2D eigenvalue weighted by molar-refractivity contribution is 0.685. The molecule has 0 saturated heterocycles. The lowest BCUT2D eigenvalue weighted by Gasteiger charge is -2.00. The number of nitrogens with two attached hydrogens (primary N) is 1. The molecule has 0 rings (SSSR count). The molecule has 8 heavy (non-hydrogen) atoms. The molecule has 0 fully saturated rings. The van der Waals surface area contributed by atoms with Gasteiger partial charge in [-0.2, -0.15) is 0 Å². The highest BCUT2D eigenvalue weighted by Crippen LogP contribution is 1.92. The minimum absolute atomic E-state index is 0.246. The molecule has 1 atom stereocenters. The molecule has 48 valence electrons. The molecule has 1 unspecified atom stereocenters. The summed E-state index contributed by atoms with van der Waals surface area (Å²) in [6.45, 7) is 3.77. The van der Waals surface area contributed by atoms with E-state index in [1.54, 1.807) is 0 Å². The quantitative estimate of drug-likeness (QED) is 0.531. The second-order valence-electron chi connectivity index (χ2n) is 2.30. The van der Waals surface area contributed by atoms with Crippen LogP contribution < -0.4 is 5.73 Å². The Kier molecular flexibility index (Phi) is 3.44. The Morgan fingerprint density at radius 3 is 2.38 bits per heavy atom. The van der Waals surface area contributed by atoms with Gasteiger partial charge in [0.05, 0.1) is 0 Å². The first kappa shape index (κ1) is 7.63. The number of nitrogens with one attached hydrogen (secondary N) is 1. The van der Waals surface area contributed by atoms with Crippen molar-refractivity contribution in [2.24, 2.45) is 5.73 Å². The van der Waals surface area contributed by atoms with Crippen LogP contribution in [0.4, 0.5) is 0 Å². The number of rotatable bonds is 3. The van der Waals surface area contributed by atoms with E-state index in [0.29, 0.717) is 0 Å². The minimum Gasteiger partial charge on any atom is -0.328 e. The van der Waals surface area contributed by atoms with Gasteiger partial charge in [-0.3, -0.25) is 0 Å². The molecule has 2 heteroatoms. The van der Waals surface area contributed by atoms with E-state index in [0.717, 1.165) is 18.6 Å². The predicted octanol–water partition coefficient (Wildman–Crippen LogP) is 1.15. The van der Waals surface area contributed by atoms with Crippen LogP contribution in [0.3, 0.4) is 0 Å². The molecule has 0 aliphatic heterocycles. The Bertz CT molecular complexity index is 76.6. The predicted molar refractivity (Wildman–Crippen MR) is 36.3 cm³/mol. The van der Waals surface area contributed by atoms with Crippen molar-refractivity contribution in [3.63, 3.8) is 0 Å². The maximum absolute atomic E-state index is 7.03. The van der Waals surface area contributed by atoms with Crippen LogP contribution >= 0.6 is 0 Å². The van der Waals surface area contributed by atoms with E-state index in [-0.39, 0.29) is 6.04 Å². The van der Waals surface area contributed by atoms with Crippen LogP contribution in [0.1, 0.15) is 26.7 Å². The van der Waals surface area contributed by atoms with Crippen molar-refractivity contribution < 1.29 is 0 Å². The van der Waals surface area contributed by atoms with E-state index in [1.807, 2.05) is 13.8 Å². The van der Waals surface area contributed by atoms with Crippen molar-refractivity contribution in [2.75, 3.05) is 0 Å². The molecular weight excluding hydrogens is 100 g/mol. The molecule has 0 radical (unpaired) electrons. The molecule has 3 N–H and O–H groups in total. The summed E-state index contributed by atoms with van der Waals surface area (Å²) in [7, 11) is 0. The summed E-state index contributed by atoms with van der Waals surface area (Å²) in [6, 6.07) is 0.246. The van der Waals surface area contributed by atoms with Crippen molar-refractivity contribution in [1.82, 2.24) is 0 Å². The normalized spacial score (nSPS) is 13.4. The molecule has 0 aromatic heterocycles. The van der Waals surface area contributed by atoms with Crippen molar-refractivity contribution in [3.8, 4) is 0 Å². The van der Waals surface area contributed by atoms with Gasteiger partial charge in [0.2, 0.25) is 0 Å². The third kappa shape index (κ3) is 5.63. The van der Waals surface area contributed by atoms with Gasteiger partial charge in [-0.1, -0.05) is 0 Å². The molecule has 0 spiro atoms. The molecule has 0 aliphatic carbocycles. The summed E-state index contributed by atoms with van der Waals surface area (Å²) in [5.41, 5.74) is 6.17. The molecule has 0 aliphatic rings. The Hall–Kier alpha value is -0.370. The van der Waals surface area contributed by atoms with Gasteiger partial charge in [-0.05, 0) is 26.7 Å². The van der Waals surface area contributed by atoms with Crippen LogP contribution in [0.15, 0.2) is 0 Å². The highest BCUT2D eigenvalue weighted by molar-refractivity contribution is 5.78. The highest BCUT2D eigenvalue weighted by Gasteiger charge is 1.92. The number of hydrogen-bond acceptors (Lipinski definition) is 2. The molecule has 0 amide bonds. The van der Waals surface area contributed by atoms with Crippen molar-refractivity contribution in [3.05, 3.63) is 0 Å². The Morgan fingerprint density at radius 2 is 2.25 bits per heavy atom. The average molecular weight is 114 g/mol. The van der Waals surface area contributed by atoms with Crippen LogP contribution in [0.5, 0.6) is 0 Å². The summed E-state index contributed by atoms with van der Waals surface area (Å²) in [5.74, 6) is 0. The van der Waals surface area contributed by atoms with Gasteiger partial charge in [0.1, 0.15) is 0 Å². The molecule has 0 saturated carbocycles. The summed E-state index contributed by atoms with van der Waals surface area (Å²) in [5, 5.41) is 7.03. The summed E-state index contributed by atoms with van der Waals surface area (Å²) in [4.78, 5) is 0. The van der Waals surface area contributed by atoms with Crippen LogP contribution in [0, 0.1) is 5.41 Å². The zero-order valence-corrected chi connectivity index (χ0v) is 5.57. The molecule has 0 heterocycles. The summed E-state index contributed by atoms with van der Waals surface area (Å²) >= 11 is 0. The van der Waals surface area contributed by atoms with Gasteiger partial charge in [0.25, 0.3) is 0 Å². The van der Waals surface area contributed by atoms with Gasteiger partial charge in [0, 0.05) is 11.8 Å². The third-order valence-electron chi connectivity index (χ3n) is 0.975. The fourth-order valence-electron chi connectivity index (χ4n) is 0.444. The van der Waals surface area contributed by atoms with Crippen molar-refractivity contribution >= 4 is 5.71 Å². The molecule has 0 aromatic rings. The van der Waals surface area contributed by atoms with E-state index >= 15 is 0 Å². The SMILES string of the molecule is CC(=N)CCC(C)N. The average Bonchev–Trinajstić information content (AvgIpc) is 1.61. The maximum atomic E-state index is 7.03. The molecule has 0 bridgehead atoms. The number of hydrogen-bond donors (Lipinski definition) is 2. The van der Waals surface area contributed by atoms with Gasteiger partial charge in [-0.15, -0.1) is 0 Å². The topological polar surface area (TPSA) is 49.9 Å². The van der Waals surface area contributed by atoms with Crippen LogP contribution in [0.25, 0.3) is 0 Å². The van der Waals surface area contributed by atoms with Crippen LogP contribution in [-0.2, 0) is 0 Å². The minimum atomic E-state index is 0.246. The van der Waals surface area contributed by atoms with E-state index in [1.165, 1.54) is 0 Å². The van der Waals surface area contributed by atoms with Crippen molar-refractivity contribution in [2.45, 2.75) is 32.7 Å². The summed E-state index contributed by atoms with van der Waals surface area (Å²) in [6.07, 6.45) is 1.78. The lowest BCUT2D eigenvalue weighted by Crippen LogP contribution is -2.15. The maximum Gasteiger partial charge on any atom is 0.00588 e. The van der Waals surface area contributed by atoms with Gasteiger partial charge >= 0.3 is 0 Å². The smallest absolute Gasteiger partial charge is 0.00588 e. The molecule has 0 aromatic carbocycles. The monoisotopic (exact) mass is 114 g/mol. The molecule has 2 nitrogen and oxygen atoms in total. The first-order chi connectivity index (χ1) is 3.63. The van der Waals surface area contributed by atoms with E-state index in [9.17, 15) is 0 Å². The van der Waals surface area contributed by atoms with Crippen LogP contribution in [0.2, 0.25) is 0 Å². The fraction of sp³-hybridized carbons (Fsp3) is 0.833. The Morgan fingerprint density at radius 1 is 1.75 bits per heavy atom. The highest BCUT2D eigenvalue weighted by atomic mass is 14.6. The fourth-order valence-corrected chi connectivity index (χ4v) is 0.444. The largest absolute Gasteiger partial charge is 0.328 e. The first-order valence-electron chi connectivity index (χ1n) is 2.92.